The molecule has 24 heavy (non-hydrogen) atoms. The van der Waals surface area contributed by atoms with Gasteiger partial charge < -0.3 is 15.8 Å². The number of halogens is 1. The van der Waals surface area contributed by atoms with Crippen LogP contribution in [0.2, 0.25) is 0 Å². The maximum atomic E-state index is 14.4. The van der Waals surface area contributed by atoms with E-state index >= 15 is 0 Å². The molecule has 0 radical (unpaired) electrons. The van der Waals surface area contributed by atoms with Crippen LogP contribution >= 0.6 is 0 Å². The predicted octanol–water partition coefficient (Wildman–Crippen LogP) is 3.85. The molecule has 0 aliphatic rings. The Kier molecular flexibility index (Phi) is 5.73. The summed E-state index contributed by atoms with van der Waals surface area (Å²) in [5, 5.41) is 2.53. The Morgan fingerprint density at radius 2 is 2.12 bits per heavy atom. The molecule has 0 saturated carbocycles. The van der Waals surface area contributed by atoms with Crippen LogP contribution in [-0.2, 0) is 0 Å². The van der Waals surface area contributed by atoms with Gasteiger partial charge in [-0.15, -0.1) is 0 Å². The first-order chi connectivity index (χ1) is 11.4. The van der Waals surface area contributed by atoms with Gasteiger partial charge in [-0.25, -0.2) is 9.37 Å². The van der Waals surface area contributed by atoms with Gasteiger partial charge >= 0.3 is 0 Å². The SMILES string of the molecule is CCCCOc1cccc(NC(=O)c2cc(C)c(C)nc2N)c1F. The first-order valence-corrected chi connectivity index (χ1v) is 7.90. The lowest BCUT2D eigenvalue weighted by Crippen LogP contribution is -2.17. The summed E-state index contributed by atoms with van der Waals surface area (Å²) in [6, 6.07) is 6.28. The van der Waals surface area contributed by atoms with Gasteiger partial charge in [-0.3, -0.25) is 4.79 Å². The van der Waals surface area contributed by atoms with E-state index in [4.69, 9.17) is 10.5 Å². The van der Waals surface area contributed by atoms with Crippen molar-refractivity contribution in [1.82, 2.24) is 4.98 Å². The highest BCUT2D eigenvalue weighted by Gasteiger charge is 2.16. The second-order valence-electron chi connectivity index (χ2n) is 5.60. The van der Waals surface area contributed by atoms with Crippen LogP contribution in [-0.4, -0.2) is 17.5 Å². The number of benzene rings is 1. The molecule has 5 nitrogen and oxygen atoms in total. The van der Waals surface area contributed by atoms with Gasteiger partial charge in [0.05, 0.1) is 17.9 Å². The smallest absolute Gasteiger partial charge is 0.259 e. The molecule has 1 aromatic carbocycles. The molecule has 0 unspecified atom stereocenters. The molecule has 0 saturated heterocycles. The number of nitrogen functional groups attached to an aromatic ring is 1. The van der Waals surface area contributed by atoms with Crippen LogP contribution in [0.4, 0.5) is 15.9 Å². The molecule has 0 atom stereocenters. The predicted molar refractivity (Wildman–Crippen MR) is 92.9 cm³/mol. The summed E-state index contributed by atoms with van der Waals surface area (Å²) in [5.41, 5.74) is 7.66. The standard InChI is InChI=1S/C18H22FN3O2/c1-4-5-9-24-15-8-6-7-14(16(15)19)22-18(23)13-10-11(2)12(3)21-17(13)20/h6-8,10H,4-5,9H2,1-3H3,(H2,20,21)(H,22,23). The van der Waals surface area contributed by atoms with E-state index in [1.807, 2.05) is 20.8 Å². The van der Waals surface area contributed by atoms with E-state index in [1.54, 1.807) is 12.1 Å². The number of nitrogens with one attached hydrogen (secondary N) is 1. The average Bonchev–Trinajstić information content (AvgIpc) is 2.54. The Bertz CT molecular complexity index is 747. The highest BCUT2D eigenvalue weighted by Crippen LogP contribution is 2.26. The maximum Gasteiger partial charge on any atom is 0.259 e. The van der Waals surface area contributed by atoms with Crippen LogP contribution in [0.25, 0.3) is 0 Å². The van der Waals surface area contributed by atoms with Crippen molar-refractivity contribution in [2.45, 2.75) is 33.6 Å². The Morgan fingerprint density at radius 3 is 2.83 bits per heavy atom. The Labute approximate surface area is 141 Å². The number of carbonyl (C=O) groups is 1. The normalized spacial score (nSPS) is 10.5. The first-order valence-electron chi connectivity index (χ1n) is 7.90. The molecule has 2 rings (SSSR count). The van der Waals surface area contributed by atoms with E-state index in [1.165, 1.54) is 12.1 Å². The third-order valence-corrected chi connectivity index (χ3v) is 3.71. The summed E-state index contributed by atoms with van der Waals surface area (Å²) >= 11 is 0. The number of hydrogen-bond donors (Lipinski definition) is 2. The summed E-state index contributed by atoms with van der Waals surface area (Å²) in [4.78, 5) is 16.5. The molecule has 6 heteroatoms. The molecule has 0 spiro atoms. The zero-order valence-corrected chi connectivity index (χ0v) is 14.1. The summed E-state index contributed by atoms with van der Waals surface area (Å²) < 4.78 is 19.8. The number of amides is 1. The molecule has 0 bridgehead atoms. The fourth-order valence-corrected chi connectivity index (χ4v) is 2.14. The largest absolute Gasteiger partial charge is 0.490 e. The van der Waals surface area contributed by atoms with Crippen LogP contribution < -0.4 is 15.8 Å². The van der Waals surface area contributed by atoms with Crippen LogP contribution in [0.3, 0.4) is 0 Å². The van der Waals surface area contributed by atoms with E-state index in [2.05, 4.69) is 10.3 Å². The molecular formula is C18H22FN3O2. The van der Waals surface area contributed by atoms with Crippen molar-refractivity contribution < 1.29 is 13.9 Å². The lowest BCUT2D eigenvalue weighted by Gasteiger charge is -2.12. The molecule has 1 amide bonds. The number of pyridine rings is 1. The highest BCUT2D eigenvalue weighted by molar-refractivity contribution is 6.07. The number of ether oxygens (including phenoxy) is 1. The Balaban J connectivity index is 2.20. The molecule has 1 aromatic heterocycles. The zero-order valence-electron chi connectivity index (χ0n) is 14.1. The van der Waals surface area contributed by atoms with Gasteiger partial charge in [-0.2, -0.15) is 0 Å². The van der Waals surface area contributed by atoms with E-state index < -0.39 is 11.7 Å². The number of unbranched alkanes of at least 4 members (excludes halogenated alkanes) is 1. The minimum absolute atomic E-state index is 0.0478. The molecule has 3 N–H and O–H groups in total. The number of nitrogens with two attached hydrogens (primary N) is 1. The molecule has 0 aliphatic heterocycles. The van der Waals surface area contributed by atoms with Crippen LogP contribution in [0.15, 0.2) is 24.3 Å². The third kappa shape index (κ3) is 4.01. The molecule has 128 valence electrons. The van der Waals surface area contributed by atoms with Crippen molar-refractivity contribution in [3.8, 4) is 5.75 Å². The van der Waals surface area contributed by atoms with Crippen LogP contribution in [0, 0.1) is 19.7 Å². The van der Waals surface area contributed by atoms with Crippen LogP contribution in [0.5, 0.6) is 5.75 Å². The summed E-state index contributed by atoms with van der Waals surface area (Å²) in [7, 11) is 0. The number of aryl methyl sites for hydroxylation is 2. The Morgan fingerprint density at radius 1 is 1.38 bits per heavy atom. The van der Waals surface area contributed by atoms with Gasteiger partial charge in [-0.05, 0) is 44.0 Å². The number of rotatable bonds is 6. The molecular weight excluding hydrogens is 309 g/mol. The minimum Gasteiger partial charge on any atom is -0.490 e. The second kappa shape index (κ2) is 7.77. The lowest BCUT2D eigenvalue weighted by molar-refractivity contribution is 0.102. The number of carbonyl (C=O) groups excluding carboxylic acids is 1. The van der Waals surface area contributed by atoms with Gasteiger partial charge in [0.25, 0.3) is 5.91 Å². The molecule has 1 heterocycles. The number of aromatic nitrogens is 1. The Hall–Kier alpha value is -2.63. The van der Waals surface area contributed by atoms with Crippen molar-refractivity contribution in [3.05, 3.63) is 46.9 Å². The summed E-state index contributed by atoms with van der Waals surface area (Å²) in [6.45, 7) is 6.10. The van der Waals surface area contributed by atoms with Crippen molar-refractivity contribution >= 4 is 17.4 Å². The van der Waals surface area contributed by atoms with E-state index in [0.29, 0.717) is 6.61 Å². The fourth-order valence-electron chi connectivity index (χ4n) is 2.14. The van der Waals surface area contributed by atoms with Crippen molar-refractivity contribution in [2.75, 3.05) is 17.7 Å². The quantitative estimate of drug-likeness (QED) is 0.788. The maximum absolute atomic E-state index is 14.4. The molecule has 0 aliphatic carbocycles. The van der Waals surface area contributed by atoms with Gasteiger partial charge in [-0.1, -0.05) is 19.4 Å². The van der Waals surface area contributed by atoms with E-state index in [9.17, 15) is 9.18 Å². The first kappa shape index (κ1) is 17.7. The summed E-state index contributed by atoms with van der Waals surface area (Å²) in [5.74, 6) is -0.871. The third-order valence-electron chi connectivity index (χ3n) is 3.71. The zero-order chi connectivity index (χ0) is 17.7. The average molecular weight is 331 g/mol. The number of anilines is 2. The number of nitrogens with zero attached hydrogens (tertiary/aromatic N) is 1. The second-order valence-corrected chi connectivity index (χ2v) is 5.60. The van der Waals surface area contributed by atoms with Gasteiger partial charge in [0.2, 0.25) is 0 Å². The monoisotopic (exact) mass is 331 g/mol. The topological polar surface area (TPSA) is 77.2 Å². The van der Waals surface area contributed by atoms with E-state index in [-0.39, 0.29) is 22.8 Å². The highest BCUT2D eigenvalue weighted by atomic mass is 19.1. The fraction of sp³-hybridized carbons (Fsp3) is 0.333. The molecule has 0 fully saturated rings. The minimum atomic E-state index is -0.600. The van der Waals surface area contributed by atoms with Crippen LogP contribution in [0.1, 0.15) is 41.4 Å². The number of hydrogen-bond acceptors (Lipinski definition) is 4. The van der Waals surface area contributed by atoms with Crippen molar-refractivity contribution in [3.63, 3.8) is 0 Å². The lowest BCUT2D eigenvalue weighted by atomic mass is 10.1. The van der Waals surface area contributed by atoms with Crippen molar-refractivity contribution in [2.24, 2.45) is 0 Å². The summed E-state index contributed by atoms with van der Waals surface area (Å²) in [6.07, 6.45) is 1.79. The van der Waals surface area contributed by atoms with Gasteiger partial charge in [0, 0.05) is 5.69 Å². The van der Waals surface area contributed by atoms with Gasteiger partial charge in [0.1, 0.15) is 5.82 Å². The van der Waals surface area contributed by atoms with Gasteiger partial charge in [0.15, 0.2) is 11.6 Å². The molecule has 2 aromatic rings. The van der Waals surface area contributed by atoms with E-state index in [0.717, 1.165) is 24.1 Å². The van der Waals surface area contributed by atoms with Crippen molar-refractivity contribution in [1.29, 1.82) is 0 Å².